The van der Waals surface area contributed by atoms with Crippen LogP contribution in [0.2, 0.25) is 0 Å². The van der Waals surface area contributed by atoms with Crippen LogP contribution < -0.4 is 5.73 Å². The Labute approximate surface area is 119 Å². The van der Waals surface area contributed by atoms with Crippen LogP contribution in [0.5, 0.6) is 0 Å². The van der Waals surface area contributed by atoms with E-state index in [0.29, 0.717) is 31.5 Å². The Kier molecular flexibility index (Phi) is 5.73. The first kappa shape index (κ1) is 16.4. The van der Waals surface area contributed by atoms with Gasteiger partial charge in [0.15, 0.2) is 0 Å². The molecule has 2 rings (SSSR count). The van der Waals surface area contributed by atoms with Crippen molar-refractivity contribution in [3.05, 3.63) is 35.6 Å². The van der Waals surface area contributed by atoms with Gasteiger partial charge in [0, 0.05) is 19.1 Å². The van der Waals surface area contributed by atoms with Crippen molar-refractivity contribution < 1.29 is 12.8 Å². The van der Waals surface area contributed by atoms with E-state index in [1.54, 1.807) is 6.07 Å². The molecule has 0 radical (unpaired) electrons. The van der Waals surface area contributed by atoms with Crippen molar-refractivity contribution >= 4 is 22.4 Å². The Morgan fingerprint density at radius 1 is 1.32 bits per heavy atom. The predicted molar refractivity (Wildman–Crippen MR) is 75.1 cm³/mol. The van der Waals surface area contributed by atoms with Gasteiger partial charge in [-0.25, -0.2) is 17.1 Å². The Morgan fingerprint density at radius 3 is 2.53 bits per heavy atom. The topological polar surface area (TPSA) is 63.4 Å². The van der Waals surface area contributed by atoms with Crippen LogP contribution in [-0.4, -0.2) is 31.9 Å². The summed E-state index contributed by atoms with van der Waals surface area (Å²) in [5.74, 6) is -0.566. The lowest BCUT2D eigenvalue weighted by Crippen LogP contribution is -2.43. The Bertz CT molecular complexity index is 516. The summed E-state index contributed by atoms with van der Waals surface area (Å²) in [6.07, 6.45) is 1.37. The van der Waals surface area contributed by atoms with Crippen LogP contribution in [0.15, 0.2) is 24.3 Å². The monoisotopic (exact) mass is 308 g/mol. The normalized spacial score (nSPS) is 18.0. The van der Waals surface area contributed by atoms with Gasteiger partial charge in [0.25, 0.3) is 0 Å². The standard InChI is InChI=1S/C12H17FN2O2S.ClH/c13-11-3-1-2-10(8-11)9-18(16,17)15-6-4-12(14)5-7-15;/h1-3,8,12H,4-7,9,14H2;1H. The van der Waals surface area contributed by atoms with Gasteiger partial charge in [-0.05, 0) is 30.5 Å². The van der Waals surface area contributed by atoms with E-state index in [9.17, 15) is 12.8 Å². The third-order valence-corrected chi connectivity index (χ3v) is 4.98. The van der Waals surface area contributed by atoms with E-state index < -0.39 is 15.8 Å². The molecule has 0 unspecified atom stereocenters. The summed E-state index contributed by atoms with van der Waals surface area (Å²) >= 11 is 0. The number of nitrogens with two attached hydrogens (primary N) is 1. The highest BCUT2D eigenvalue weighted by molar-refractivity contribution is 7.88. The molecule has 0 saturated carbocycles. The highest BCUT2D eigenvalue weighted by Gasteiger charge is 2.26. The summed E-state index contributed by atoms with van der Waals surface area (Å²) in [6.45, 7) is 0.914. The molecule has 19 heavy (non-hydrogen) atoms. The van der Waals surface area contributed by atoms with Crippen molar-refractivity contribution in [1.82, 2.24) is 4.31 Å². The lowest BCUT2D eigenvalue weighted by atomic mass is 10.1. The van der Waals surface area contributed by atoms with E-state index in [2.05, 4.69) is 0 Å². The largest absolute Gasteiger partial charge is 0.328 e. The van der Waals surface area contributed by atoms with E-state index in [4.69, 9.17) is 5.73 Å². The molecule has 0 atom stereocenters. The zero-order chi connectivity index (χ0) is 13.2. The van der Waals surface area contributed by atoms with Crippen molar-refractivity contribution in [3.8, 4) is 0 Å². The SMILES string of the molecule is Cl.NC1CCN(S(=O)(=O)Cc2cccc(F)c2)CC1. The highest BCUT2D eigenvalue weighted by atomic mass is 35.5. The van der Waals surface area contributed by atoms with E-state index in [1.165, 1.54) is 22.5 Å². The zero-order valence-corrected chi connectivity index (χ0v) is 12.1. The van der Waals surface area contributed by atoms with E-state index in [0.717, 1.165) is 0 Å². The third-order valence-electron chi connectivity index (χ3n) is 3.13. The maximum Gasteiger partial charge on any atom is 0.218 e. The van der Waals surface area contributed by atoms with Gasteiger partial charge in [0.05, 0.1) is 5.75 Å². The number of halogens is 2. The van der Waals surface area contributed by atoms with Gasteiger partial charge in [-0.2, -0.15) is 0 Å². The molecule has 7 heteroatoms. The fourth-order valence-electron chi connectivity index (χ4n) is 2.08. The molecule has 4 nitrogen and oxygen atoms in total. The number of hydrogen-bond acceptors (Lipinski definition) is 3. The average Bonchev–Trinajstić information content (AvgIpc) is 2.29. The van der Waals surface area contributed by atoms with Crippen molar-refractivity contribution in [2.24, 2.45) is 5.73 Å². The summed E-state index contributed by atoms with van der Waals surface area (Å²) in [6, 6.07) is 5.79. The minimum absolute atomic E-state index is 0. The van der Waals surface area contributed by atoms with Gasteiger partial charge in [0.2, 0.25) is 10.0 Å². The number of sulfonamides is 1. The molecule has 0 amide bonds. The molecule has 108 valence electrons. The van der Waals surface area contributed by atoms with Gasteiger partial charge >= 0.3 is 0 Å². The van der Waals surface area contributed by atoms with Gasteiger partial charge in [-0.1, -0.05) is 12.1 Å². The van der Waals surface area contributed by atoms with Crippen LogP contribution in [0, 0.1) is 5.82 Å². The number of hydrogen-bond donors (Lipinski definition) is 1. The second-order valence-corrected chi connectivity index (χ2v) is 6.59. The fourth-order valence-corrected chi connectivity index (χ4v) is 3.63. The minimum atomic E-state index is -3.37. The number of piperidine rings is 1. The summed E-state index contributed by atoms with van der Waals surface area (Å²) in [5.41, 5.74) is 6.22. The molecular formula is C12H18ClFN2O2S. The molecule has 1 heterocycles. The van der Waals surface area contributed by atoms with Crippen molar-refractivity contribution in [2.45, 2.75) is 24.6 Å². The maximum atomic E-state index is 13.0. The average molecular weight is 309 g/mol. The number of benzene rings is 1. The Hall–Kier alpha value is -0.690. The molecule has 1 fully saturated rings. The molecule has 1 aliphatic rings. The van der Waals surface area contributed by atoms with Crippen LogP contribution in [0.4, 0.5) is 4.39 Å². The van der Waals surface area contributed by atoms with Crippen molar-refractivity contribution in [2.75, 3.05) is 13.1 Å². The van der Waals surface area contributed by atoms with Crippen LogP contribution in [0.3, 0.4) is 0 Å². The molecule has 0 aliphatic carbocycles. The number of nitrogens with zero attached hydrogens (tertiary/aromatic N) is 1. The quantitative estimate of drug-likeness (QED) is 0.920. The molecule has 0 spiro atoms. The van der Waals surface area contributed by atoms with Gasteiger partial charge in [-0.15, -0.1) is 12.4 Å². The van der Waals surface area contributed by atoms with Gasteiger partial charge in [-0.3, -0.25) is 0 Å². The smallest absolute Gasteiger partial charge is 0.218 e. The molecule has 2 N–H and O–H groups in total. The lowest BCUT2D eigenvalue weighted by molar-refractivity contribution is 0.319. The zero-order valence-electron chi connectivity index (χ0n) is 10.5. The first-order valence-electron chi connectivity index (χ1n) is 5.95. The van der Waals surface area contributed by atoms with Gasteiger partial charge in [0.1, 0.15) is 5.82 Å². The van der Waals surface area contributed by atoms with Crippen LogP contribution >= 0.6 is 12.4 Å². The molecule has 1 aliphatic heterocycles. The molecule has 1 saturated heterocycles. The Morgan fingerprint density at radius 2 is 1.95 bits per heavy atom. The van der Waals surface area contributed by atoms with E-state index in [1.807, 2.05) is 0 Å². The molecular weight excluding hydrogens is 291 g/mol. The molecule has 0 aromatic heterocycles. The first-order chi connectivity index (χ1) is 8.47. The molecule has 0 bridgehead atoms. The Balaban J connectivity index is 0.00000180. The molecule has 1 aromatic rings. The first-order valence-corrected chi connectivity index (χ1v) is 7.56. The van der Waals surface area contributed by atoms with Crippen LogP contribution in [0.1, 0.15) is 18.4 Å². The van der Waals surface area contributed by atoms with Crippen molar-refractivity contribution in [3.63, 3.8) is 0 Å². The maximum absolute atomic E-state index is 13.0. The summed E-state index contributed by atoms with van der Waals surface area (Å²) in [4.78, 5) is 0. The summed E-state index contributed by atoms with van der Waals surface area (Å²) in [5, 5.41) is 0. The lowest BCUT2D eigenvalue weighted by Gasteiger charge is -2.29. The van der Waals surface area contributed by atoms with Crippen LogP contribution in [-0.2, 0) is 15.8 Å². The minimum Gasteiger partial charge on any atom is -0.328 e. The highest BCUT2D eigenvalue weighted by Crippen LogP contribution is 2.17. The molecule has 1 aromatic carbocycles. The van der Waals surface area contributed by atoms with E-state index in [-0.39, 0.29) is 24.2 Å². The van der Waals surface area contributed by atoms with E-state index >= 15 is 0 Å². The number of rotatable bonds is 3. The van der Waals surface area contributed by atoms with Gasteiger partial charge < -0.3 is 5.73 Å². The second kappa shape index (κ2) is 6.65. The second-order valence-electron chi connectivity index (χ2n) is 4.62. The fraction of sp³-hybridized carbons (Fsp3) is 0.500. The van der Waals surface area contributed by atoms with Crippen molar-refractivity contribution in [1.29, 1.82) is 0 Å². The van der Waals surface area contributed by atoms with Crippen LogP contribution in [0.25, 0.3) is 0 Å². The predicted octanol–water partition coefficient (Wildman–Crippen LogP) is 1.50. The summed E-state index contributed by atoms with van der Waals surface area (Å²) < 4.78 is 38.7. The summed E-state index contributed by atoms with van der Waals surface area (Å²) in [7, 11) is -3.37. The third kappa shape index (κ3) is 4.42.